The highest BCUT2D eigenvalue weighted by Crippen LogP contribution is 2.37. The van der Waals surface area contributed by atoms with E-state index in [0.29, 0.717) is 16.8 Å². The first kappa shape index (κ1) is 23.2. The van der Waals surface area contributed by atoms with Crippen molar-refractivity contribution in [1.29, 1.82) is 0 Å². The molecular formula is C25H27FN2O4. The molecule has 1 aliphatic heterocycles. The Balaban J connectivity index is 1.85. The minimum Gasteiger partial charge on any atom is -0.463 e. The normalized spacial score (nSPS) is 17.2. The zero-order chi connectivity index (χ0) is 23.3. The molecule has 1 aliphatic rings. The van der Waals surface area contributed by atoms with Gasteiger partial charge in [0, 0.05) is 18.0 Å². The second-order valence-corrected chi connectivity index (χ2v) is 7.71. The molecule has 1 heterocycles. The lowest BCUT2D eigenvalue weighted by atomic mass is 9.83. The monoisotopic (exact) mass is 438 g/mol. The SMILES string of the molecule is CCOC(=O)C1=C(C)N(CC(=O)NC(C)c2ccccc2)C(=O)CC1c1ccc(F)cc1. The molecule has 0 aliphatic carbocycles. The third-order valence-corrected chi connectivity index (χ3v) is 5.57. The first-order chi connectivity index (χ1) is 15.3. The average Bonchev–Trinajstić information content (AvgIpc) is 2.77. The molecule has 3 rings (SSSR count). The number of nitrogens with zero attached hydrogens (tertiary/aromatic N) is 1. The van der Waals surface area contributed by atoms with Gasteiger partial charge in [0.15, 0.2) is 0 Å². The van der Waals surface area contributed by atoms with Gasteiger partial charge in [0.05, 0.1) is 18.2 Å². The van der Waals surface area contributed by atoms with Gasteiger partial charge in [-0.25, -0.2) is 9.18 Å². The van der Waals surface area contributed by atoms with Crippen molar-refractivity contribution in [2.75, 3.05) is 13.2 Å². The lowest BCUT2D eigenvalue weighted by molar-refractivity contribution is -0.141. The molecule has 0 aromatic heterocycles. The molecule has 0 fully saturated rings. The number of hydrogen-bond acceptors (Lipinski definition) is 4. The van der Waals surface area contributed by atoms with Crippen molar-refractivity contribution < 1.29 is 23.5 Å². The highest BCUT2D eigenvalue weighted by molar-refractivity contribution is 5.97. The number of nitrogens with one attached hydrogen (secondary N) is 1. The van der Waals surface area contributed by atoms with E-state index in [1.807, 2.05) is 37.3 Å². The van der Waals surface area contributed by atoms with Crippen LogP contribution in [0.1, 0.15) is 50.3 Å². The van der Waals surface area contributed by atoms with E-state index in [9.17, 15) is 18.8 Å². The molecule has 2 aromatic rings. The zero-order valence-corrected chi connectivity index (χ0v) is 18.4. The Kier molecular flexibility index (Phi) is 7.41. The van der Waals surface area contributed by atoms with Crippen LogP contribution >= 0.6 is 0 Å². The molecular weight excluding hydrogens is 411 g/mol. The van der Waals surface area contributed by atoms with Gasteiger partial charge in [-0.05, 0) is 44.0 Å². The maximum atomic E-state index is 13.4. The van der Waals surface area contributed by atoms with Crippen LogP contribution in [0.5, 0.6) is 0 Å². The Morgan fingerprint density at radius 1 is 1.16 bits per heavy atom. The second kappa shape index (κ2) is 10.2. The van der Waals surface area contributed by atoms with E-state index in [1.165, 1.54) is 17.0 Å². The Morgan fingerprint density at radius 3 is 2.44 bits per heavy atom. The third kappa shape index (κ3) is 5.22. The van der Waals surface area contributed by atoms with Crippen molar-refractivity contribution in [3.63, 3.8) is 0 Å². The number of hydrogen-bond donors (Lipinski definition) is 1. The number of amides is 2. The van der Waals surface area contributed by atoms with Gasteiger partial charge in [-0.15, -0.1) is 0 Å². The highest BCUT2D eigenvalue weighted by Gasteiger charge is 2.37. The summed E-state index contributed by atoms with van der Waals surface area (Å²) in [6, 6.07) is 15.0. The van der Waals surface area contributed by atoms with E-state index in [1.54, 1.807) is 26.0 Å². The van der Waals surface area contributed by atoms with Crippen LogP contribution in [0.2, 0.25) is 0 Å². The summed E-state index contributed by atoms with van der Waals surface area (Å²) >= 11 is 0. The largest absolute Gasteiger partial charge is 0.463 e. The fourth-order valence-corrected chi connectivity index (χ4v) is 3.91. The smallest absolute Gasteiger partial charge is 0.336 e. The lowest BCUT2D eigenvalue weighted by Gasteiger charge is -2.34. The van der Waals surface area contributed by atoms with E-state index in [0.717, 1.165) is 5.56 Å². The molecule has 7 heteroatoms. The summed E-state index contributed by atoms with van der Waals surface area (Å²) in [7, 11) is 0. The van der Waals surface area contributed by atoms with Gasteiger partial charge in [0.1, 0.15) is 12.4 Å². The van der Waals surface area contributed by atoms with Crippen molar-refractivity contribution in [2.24, 2.45) is 0 Å². The molecule has 0 saturated heterocycles. The number of carbonyl (C=O) groups is 3. The van der Waals surface area contributed by atoms with Gasteiger partial charge < -0.3 is 15.0 Å². The molecule has 2 aromatic carbocycles. The number of allylic oxidation sites excluding steroid dienone is 1. The minimum atomic E-state index is -0.565. The van der Waals surface area contributed by atoms with Gasteiger partial charge in [-0.1, -0.05) is 42.5 Å². The van der Waals surface area contributed by atoms with Crippen LogP contribution in [0, 0.1) is 5.82 Å². The molecule has 0 bridgehead atoms. The van der Waals surface area contributed by atoms with Crippen molar-refractivity contribution in [1.82, 2.24) is 10.2 Å². The van der Waals surface area contributed by atoms with E-state index < -0.39 is 17.7 Å². The van der Waals surface area contributed by atoms with E-state index in [-0.39, 0.29) is 37.4 Å². The molecule has 2 amide bonds. The standard InChI is InChI=1S/C25H27FN2O4/c1-4-32-25(31)24-17(3)28(15-22(29)27-16(2)18-8-6-5-7-9-18)23(30)14-21(24)19-10-12-20(26)13-11-19/h5-13,16,21H,4,14-15H2,1-3H3,(H,27,29). The number of benzene rings is 2. The van der Waals surface area contributed by atoms with Crippen molar-refractivity contribution in [3.05, 3.63) is 82.8 Å². The van der Waals surface area contributed by atoms with Gasteiger partial charge >= 0.3 is 5.97 Å². The van der Waals surface area contributed by atoms with Crippen LogP contribution < -0.4 is 5.32 Å². The van der Waals surface area contributed by atoms with E-state index in [2.05, 4.69) is 5.32 Å². The summed E-state index contributed by atoms with van der Waals surface area (Å²) in [5.74, 6) is -2.13. The number of halogens is 1. The predicted molar refractivity (Wildman–Crippen MR) is 118 cm³/mol. The van der Waals surface area contributed by atoms with Crippen molar-refractivity contribution >= 4 is 17.8 Å². The quantitative estimate of drug-likeness (QED) is 0.666. The molecule has 6 nitrogen and oxygen atoms in total. The molecule has 0 saturated carbocycles. The van der Waals surface area contributed by atoms with E-state index in [4.69, 9.17) is 4.74 Å². The maximum absolute atomic E-state index is 13.4. The Hall–Kier alpha value is -3.48. The number of carbonyl (C=O) groups excluding carboxylic acids is 3. The van der Waals surface area contributed by atoms with Crippen LogP contribution in [-0.2, 0) is 19.1 Å². The Labute approximate surface area is 187 Å². The van der Waals surface area contributed by atoms with Crippen molar-refractivity contribution in [2.45, 2.75) is 39.2 Å². The third-order valence-electron chi connectivity index (χ3n) is 5.57. The molecule has 0 spiro atoms. The first-order valence-corrected chi connectivity index (χ1v) is 10.6. The summed E-state index contributed by atoms with van der Waals surface area (Å²) in [5, 5.41) is 2.89. The molecule has 2 unspecified atom stereocenters. The van der Waals surface area contributed by atoms with Crippen molar-refractivity contribution in [3.8, 4) is 0 Å². The van der Waals surface area contributed by atoms with Gasteiger partial charge in [0.2, 0.25) is 11.8 Å². The summed E-state index contributed by atoms with van der Waals surface area (Å²) in [6.07, 6.45) is -0.0152. The Bertz CT molecular complexity index is 1020. The number of esters is 1. The summed E-state index contributed by atoms with van der Waals surface area (Å²) < 4.78 is 18.6. The number of rotatable bonds is 7. The lowest BCUT2D eigenvalue weighted by Crippen LogP contribution is -2.44. The first-order valence-electron chi connectivity index (χ1n) is 10.6. The topological polar surface area (TPSA) is 75.7 Å². The zero-order valence-electron chi connectivity index (χ0n) is 18.4. The van der Waals surface area contributed by atoms with Gasteiger partial charge in [0.25, 0.3) is 0 Å². The van der Waals surface area contributed by atoms with E-state index >= 15 is 0 Å². The predicted octanol–water partition coefficient (Wildman–Crippen LogP) is 3.86. The fraction of sp³-hybridized carbons (Fsp3) is 0.320. The summed E-state index contributed by atoms with van der Waals surface area (Å²) in [6.45, 7) is 5.16. The van der Waals surface area contributed by atoms with Gasteiger partial charge in [-0.3, -0.25) is 9.59 Å². The molecule has 2 atom stereocenters. The molecule has 168 valence electrons. The van der Waals surface area contributed by atoms with Crippen LogP contribution in [0.25, 0.3) is 0 Å². The van der Waals surface area contributed by atoms with Crippen LogP contribution in [0.3, 0.4) is 0 Å². The minimum absolute atomic E-state index is 0.0152. The molecule has 0 radical (unpaired) electrons. The number of ether oxygens (including phenoxy) is 1. The van der Waals surface area contributed by atoms with Crippen LogP contribution in [0.4, 0.5) is 4.39 Å². The second-order valence-electron chi connectivity index (χ2n) is 7.71. The Morgan fingerprint density at radius 2 is 1.81 bits per heavy atom. The van der Waals surface area contributed by atoms with Gasteiger partial charge in [-0.2, -0.15) is 0 Å². The van der Waals surface area contributed by atoms with Crippen LogP contribution in [-0.4, -0.2) is 35.8 Å². The maximum Gasteiger partial charge on any atom is 0.336 e. The molecule has 32 heavy (non-hydrogen) atoms. The highest BCUT2D eigenvalue weighted by atomic mass is 19.1. The average molecular weight is 438 g/mol. The fourth-order valence-electron chi connectivity index (χ4n) is 3.91. The summed E-state index contributed by atoms with van der Waals surface area (Å²) in [5.41, 5.74) is 2.27. The summed E-state index contributed by atoms with van der Waals surface area (Å²) in [4.78, 5) is 39.7. The molecule has 1 N–H and O–H groups in total. The van der Waals surface area contributed by atoms with Crippen LogP contribution in [0.15, 0.2) is 65.9 Å².